The first-order chi connectivity index (χ1) is 13.6. The van der Waals surface area contributed by atoms with E-state index in [0.717, 1.165) is 16.1 Å². The molecular formula is C20H20N6OS. The number of amides is 1. The van der Waals surface area contributed by atoms with Crippen molar-refractivity contribution in [3.05, 3.63) is 77.3 Å². The number of aryl methyl sites for hydroxylation is 1. The summed E-state index contributed by atoms with van der Waals surface area (Å²) in [6, 6.07) is 10.2. The molecule has 0 spiro atoms. The Kier molecular flexibility index (Phi) is 5.03. The number of thiazole rings is 1. The highest BCUT2D eigenvalue weighted by molar-refractivity contribution is 7.13. The summed E-state index contributed by atoms with van der Waals surface area (Å²) in [5.74, 6) is -0.109. The van der Waals surface area contributed by atoms with E-state index in [-0.39, 0.29) is 5.91 Å². The minimum atomic E-state index is -0.109. The summed E-state index contributed by atoms with van der Waals surface area (Å²) in [6.45, 7) is 1.19. The summed E-state index contributed by atoms with van der Waals surface area (Å²) in [5.41, 5.74) is 3.53. The first-order valence-electron chi connectivity index (χ1n) is 8.84. The van der Waals surface area contributed by atoms with Crippen molar-refractivity contribution in [2.45, 2.75) is 13.1 Å². The zero-order chi connectivity index (χ0) is 19.5. The topological polar surface area (TPSA) is 68.8 Å². The van der Waals surface area contributed by atoms with Crippen molar-refractivity contribution >= 4 is 17.2 Å². The molecule has 0 saturated heterocycles. The molecule has 0 N–H and O–H groups in total. The minimum absolute atomic E-state index is 0.109. The summed E-state index contributed by atoms with van der Waals surface area (Å²) >= 11 is 1.44. The lowest BCUT2D eigenvalue weighted by molar-refractivity contribution is 0.0780. The number of benzene rings is 1. The van der Waals surface area contributed by atoms with Crippen LogP contribution in [0.25, 0.3) is 10.6 Å². The molecule has 0 radical (unpaired) electrons. The lowest BCUT2D eigenvalue weighted by atomic mass is 10.2. The van der Waals surface area contributed by atoms with E-state index in [2.05, 4.69) is 27.3 Å². The average Bonchev–Trinajstić information content (AvgIpc) is 3.43. The van der Waals surface area contributed by atoms with Crippen LogP contribution in [0.3, 0.4) is 0 Å². The number of nitrogens with zero attached hydrogens (tertiary/aromatic N) is 6. The highest BCUT2D eigenvalue weighted by Crippen LogP contribution is 2.23. The molecule has 0 aliphatic heterocycles. The molecule has 0 atom stereocenters. The van der Waals surface area contributed by atoms with Gasteiger partial charge in [-0.1, -0.05) is 30.3 Å². The number of rotatable bonds is 6. The van der Waals surface area contributed by atoms with Crippen LogP contribution in [-0.4, -0.2) is 42.4 Å². The van der Waals surface area contributed by atoms with E-state index in [9.17, 15) is 4.79 Å². The Labute approximate surface area is 166 Å². The standard InChI is InChI=1S/C20H20N6OS/c1-24(10-16-8-22-26(12-16)11-15-6-4-3-5-7-15)20(27)18-14-28-19(23-18)17-9-21-25(2)13-17/h3-9,12-14H,10-11H2,1-2H3. The molecule has 0 bridgehead atoms. The molecule has 7 nitrogen and oxygen atoms in total. The quantitative estimate of drug-likeness (QED) is 0.506. The smallest absolute Gasteiger partial charge is 0.273 e. The first-order valence-corrected chi connectivity index (χ1v) is 9.72. The monoisotopic (exact) mass is 392 g/mol. The van der Waals surface area contributed by atoms with Crippen LogP contribution in [0.15, 0.2) is 60.5 Å². The van der Waals surface area contributed by atoms with Gasteiger partial charge in [0.2, 0.25) is 0 Å². The van der Waals surface area contributed by atoms with Crippen molar-refractivity contribution in [3.63, 3.8) is 0 Å². The first kappa shape index (κ1) is 18.1. The van der Waals surface area contributed by atoms with Crippen LogP contribution >= 0.6 is 11.3 Å². The van der Waals surface area contributed by atoms with Gasteiger partial charge in [-0.2, -0.15) is 10.2 Å². The molecule has 0 aliphatic rings. The van der Waals surface area contributed by atoms with Crippen LogP contribution in [-0.2, 0) is 20.1 Å². The van der Waals surface area contributed by atoms with E-state index in [1.807, 2.05) is 42.3 Å². The van der Waals surface area contributed by atoms with E-state index in [0.29, 0.717) is 18.8 Å². The van der Waals surface area contributed by atoms with Crippen molar-refractivity contribution < 1.29 is 4.79 Å². The summed E-state index contributed by atoms with van der Waals surface area (Å²) in [5, 5.41) is 11.1. The Balaban J connectivity index is 1.40. The van der Waals surface area contributed by atoms with Gasteiger partial charge < -0.3 is 4.90 Å². The zero-order valence-electron chi connectivity index (χ0n) is 15.7. The lowest BCUT2D eigenvalue weighted by Crippen LogP contribution is -2.26. The van der Waals surface area contributed by atoms with Crippen LogP contribution in [0.5, 0.6) is 0 Å². The minimum Gasteiger partial charge on any atom is -0.336 e. The van der Waals surface area contributed by atoms with Crippen LogP contribution < -0.4 is 0 Å². The third-order valence-electron chi connectivity index (χ3n) is 4.32. The second-order valence-electron chi connectivity index (χ2n) is 6.63. The summed E-state index contributed by atoms with van der Waals surface area (Å²) < 4.78 is 3.60. The molecule has 3 heterocycles. The molecule has 0 saturated carbocycles. The van der Waals surface area contributed by atoms with E-state index in [1.54, 1.807) is 34.4 Å². The Morgan fingerprint density at radius 3 is 2.68 bits per heavy atom. The van der Waals surface area contributed by atoms with Crippen LogP contribution in [0.1, 0.15) is 21.6 Å². The van der Waals surface area contributed by atoms with Gasteiger partial charge in [-0.15, -0.1) is 11.3 Å². The molecule has 0 unspecified atom stereocenters. The van der Waals surface area contributed by atoms with Crippen molar-refractivity contribution in [2.24, 2.45) is 7.05 Å². The van der Waals surface area contributed by atoms with Crippen molar-refractivity contribution in [1.82, 2.24) is 29.4 Å². The molecule has 4 aromatic rings. The van der Waals surface area contributed by atoms with E-state index in [4.69, 9.17) is 0 Å². The fourth-order valence-corrected chi connectivity index (χ4v) is 3.69. The highest BCUT2D eigenvalue weighted by Gasteiger charge is 2.17. The van der Waals surface area contributed by atoms with E-state index >= 15 is 0 Å². The summed E-state index contributed by atoms with van der Waals surface area (Å²) in [6.07, 6.45) is 7.41. The number of hydrogen-bond donors (Lipinski definition) is 0. The van der Waals surface area contributed by atoms with Gasteiger partial charge in [-0.25, -0.2) is 4.98 Å². The summed E-state index contributed by atoms with van der Waals surface area (Å²) in [7, 11) is 3.63. The van der Waals surface area contributed by atoms with Crippen LogP contribution in [0.4, 0.5) is 0 Å². The van der Waals surface area contributed by atoms with E-state index in [1.165, 1.54) is 16.9 Å². The molecule has 3 aromatic heterocycles. The van der Waals surface area contributed by atoms with Gasteiger partial charge >= 0.3 is 0 Å². The molecule has 0 fully saturated rings. The normalized spacial score (nSPS) is 10.9. The van der Waals surface area contributed by atoms with Gasteiger partial charge in [-0.05, 0) is 5.56 Å². The van der Waals surface area contributed by atoms with E-state index < -0.39 is 0 Å². The number of hydrogen-bond acceptors (Lipinski definition) is 5. The van der Waals surface area contributed by atoms with Gasteiger partial charge in [0, 0.05) is 49.5 Å². The third kappa shape index (κ3) is 4.01. The Morgan fingerprint density at radius 2 is 1.93 bits per heavy atom. The van der Waals surface area contributed by atoms with Gasteiger partial charge in [0.1, 0.15) is 10.7 Å². The molecule has 142 valence electrons. The lowest BCUT2D eigenvalue weighted by Gasteiger charge is -2.14. The maximum Gasteiger partial charge on any atom is 0.273 e. The van der Waals surface area contributed by atoms with Gasteiger partial charge in [0.25, 0.3) is 5.91 Å². The van der Waals surface area contributed by atoms with Crippen molar-refractivity contribution in [3.8, 4) is 10.6 Å². The Bertz CT molecular complexity index is 1080. The molecule has 1 aromatic carbocycles. The Morgan fingerprint density at radius 1 is 1.11 bits per heavy atom. The molecule has 1 amide bonds. The third-order valence-corrected chi connectivity index (χ3v) is 5.21. The molecule has 8 heteroatoms. The average molecular weight is 392 g/mol. The largest absolute Gasteiger partial charge is 0.336 e. The number of carbonyl (C=O) groups excluding carboxylic acids is 1. The van der Waals surface area contributed by atoms with Gasteiger partial charge in [-0.3, -0.25) is 14.2 Å². The SMILES string of the molecule is CN(Cc1cnn(Cc2ccccc2)c1)C(=O)c1csc(-c2cnn(C)c2)n1. The number of aromatic nitrogens is 5. The fourth-order valence-electron chi connectivity index (χ4n) is 2.92. The van der Waals surface area contributed by atoms with Crippen molar-refractivity contribution in [1.29, 1.82) is 0 Å². The van der Waals surface area contributed by atoms with Crippen LogP contribution in [0.2, 0.25) is 0 Å². The van der Waals surface area contributed by atoms with Crippen LogP contribution in [0, 0.1) is 0 Å². The zero-order valence-corrected chi connectivity index (χ0v) is 16.5. The molecule has 4 rings (SSSR count). The van der Waals surface area contributed by atoms with Gasteiger partial charge in [0.05, 0.1) is 18.9 Å². The molecule has 28 heavy (non-hydrogen) atoms. The highest BCUT2D eigenvalue weighted by atomic mass is 32.1. The number of carbonyl (C=O) groups is 1. The predicted molar refractivity (Wildman–Crippen MR) is 108 cm³/mol. The second kappa shape index (κ2) is 7.77. The fraction of sp³-hybridized carbons (Fsp3) is 0.200. The summed E-state index contributed by atoms with van der Waals surface area (Å²) in [4.78, 5) is 18.8. The van der Waals surface area contributed by atoms with Gasteiger partial charge in [0.15, 0.2) is 0 Å². The maximum atomic E-state index is 12.7. The molecule has 0 aliphatic carbocycles. The molecular weight excluding hydrogens is 372 g/mol. The predicted octanol–water partition coefficient (Wildman–Crippen LogP) is 3.06. The van der Waals surface area contributed by atoms with Crippen molar-refractivity contribution in [2.75, 3.05) is 7.05 Å². The maximum absolute atomic E-state index is 12.7. The second-order valence-corrected chi connectivity index (χ2v) is 7.49. The Hall–Kier alpha value is -3.26.